The third kappa shape index (κ3) is 1.85. The molecule has 0 fully saturated rings. The van der Waals surface area contributed by atoms with E-state index >= 15 is 0 Å². The maximum Gasteiger partial charge on any atom is 0.505 e. The molecule has 8 heteroatoms. The monoisotopic (exact) mass is 243 g/mol. The average molecular weight is 243 g/mol. The minimum absolute atomic E-state index is 0.153. The van der Waals surface area contributed by atoms with Gasteiger partial charge in [0, 0.05) is 6.92 Å². The molecule has 0 radical (unpaired) electrons. The number of hydrogen-bond donors (Lipinski definition) is 1. The molecule has 15 heavy (non-hydrogen) atoms. The van der Waals surface area contributed by atoms with Crippen LogP contribution < -0.4 is 4.57 Å². The number of aromatic nitrogens is 2. The number of aryl methyl sites for hydroxylation is 1. The first-order valence-corrected chi connectivity index (χ1v) is 5.59. The van der Waals surface area contributed by atoms with E-state index in [1.807, 2.05) is 0 Å². The third-order valence-electron chi connectivity index (χ3n) is 1.97. The predicted molar refractivity (Wildman–Crippen MR) is 44.6 cm³/mol. The summed E-state index contributed by atoms with van der Waals surface area (Å²) in [7, 11) is -5.27. The number of imidazole rings is 1. The number of nitrogens with one attached hydrogen (secondary N) is 1. The Balaban J connectivity index is 3.41. The first-order chi connectivity index (χ1) is 6.71. The Morgan fingerprint density at radius 3 is 2.40 bits per heavy atom. The smallest absolute Gasteiger partial charge is 0.247 e. The predicted octanol–water partition coefficient (Wildman–Crippen LogP) is 0.924. The highest BCUT2D eigenvalue weighted by atomic mass is 32.2. The zero-order chi connectivity index (χ0) is 11.9. The minimum Gasteiger partial charge on any atom is -0.247 e. The summed E-state index contributed by atoms with van der Waals surface area (Å²) in [5.41, 5.74) is -5.27. The van der Waals surface area contributed by atoms with E-state index in [1.165, 1.54) is 6.92 Å². The lowest BCUT2D eigenvalue weighted by molar-refractivity contribution is -0.734. The lowest BCUT2D eigenvalue weighted by Gasteiger charge is -2.05. The number of H-pyrrole nitrogens is 1. The van der Waals surface area contributed by atoms with Crippen molar-refractivity contribution in [1.82, 2.24) is 4.98 Å². The first-order valence-electron chi connectivity index (χ1n) is 4.11. The van der Waals surface area contributed by atoms with E-state index in [-0.39, 0.29) is 6.54 Å². The lowest BCUT2D eigenvalue weighted by Crippen LogP contribution is -2.42. The standard InChI is InChI=1S/C7H9F3N2O2S/c1-3-12-5(2)11-4-6(12)15(13,14)7(8,9)10/h4H,3H2,1-2H3/p+1. The molecule has 0 aliphatic heterocycles. The number of hydrogen-bond acceptors (Lipinski definition) is 2. The highest BCUT2D eigenvalue weighted by molar-refractivity contribution is 7.92. The van der Waals surface area contributed by atoms with Crippen LogP contribution in [0.1, 0.15) is 12.7 Å². The van der Waals surface area contributed by atoms with Crippen LogP contribution in [0.2, 0.25) is 0 Å². The van der Waals surface area contributed by atoms with Gasteiger partial charge in [0.05, 0.1) is 6.54 Å². The Morgan fingerprint density at radius 2 is 2.00 bits per heavy atom. The summed E-state index contributed by atoms with van der Waals surface area (Å²) in [4.78, 5) is 2.45. The third-order valence-corrected chi connectivity index (χ3v) is 3.47. The van der Waals surface area contributed by atoms with Gasteiger partial charge in [-0.3, -0.25) is 0 Å². The van der Waals surface area contributed by atoms with Crippen LogP contribution in [0.4, 0.5) is 13.2 Å². The van der Waals surface area contributed by atoms with Crippen LogP contribution in [0.15, 0.2) is 11.2 Å². The van der Waals surface area contributed by atoms with Crippen molar-refractivity contribution in [3.8, 4) is 0 Å². The van der Waals surface area contributed by atoms with Crippen LogP contribution in [0.5, 0.6) is 0 Å². The van der Waals surface area contributed by atoms with E-state index in [0.29, 0.717) is 5.82 Å². The molecule has 0 unspecified atom stereocenters. The number of halogens is 3. The fraction of sp³-hybridized carbons (Fsp3) is 0.571. The summed E-state index contributed by atoms with van der Waals surface area (Å²) in [6, 6.07) is 0. The van der Waals surface area contributed by atoms with E-state index in [9.17, 15) is 21.6 Å². The number of aromatic amines is 1. The maximum absolute atomic E-state index is 12.2. The van der Waals surface area contributed by atoms with Gasteiger partial charge >= 0.3 is 15.3 Å². The van der Waals surface area contributed by atoms with E-state index in [4.69, 9.17) is 0 Å². The molecule has 1 aromatic heterocycles. The molecule has 0 saturated heterocycles. The maximum atomic E-state index is 12.2. The zero-order valence-electron chi connectivity index (χ0n) is 8.09. The van der Waals surface area contributed by atoms with Crippen molar-refractivity contribution in [2.24, 2.45) is 0 Å². The largest absolute Gasteiger partial charge is 0.505 e. The molecule has 4 nitrogen and oxygen atoms in total. The van der Waals surface area contributed by atoms with Gasteiger partial charge in [-0.1, -0.05) is 0 Å². The Hall–Kier alpha value is -1.05. The van der Waals surface area contributed by atoms with Crippen molar-refractivity contribution in [2.45, 2.75) is 30.9 Å². The lowest BCUT2D eigenvalue weighted by atomic mass is 10.6. The summed E-state index contributed by atoms with van der Waals surface area (Å²) in [5.74, 6) is 0.361. The van der Waals surface area contributed by atoms with Crippen molar-refractivity contribution < 1.29 is 26.2 Å². The number of alkyl halides is 3. The van der Waals surface area contributed by atoms with Crippen LogP contribution in [0, 0.1) is 6.92 Å². The van der Waals surface area contributed by atoms with Gasteiger partial charge < -0.3 is 0 Å². The second-order valence-corrected chi connectivity index (χ2v) is 4.79. The van der Waals surface area contributed by atoms with E-state index in [0.717, 1.165) is 10.8 Å². The molecule has 86 valence electrons. The summed E-state index contributed by atoms with van der Waals surface area (Å²) in [6.07, 6.45) is 0.849. The quantitative estimate of drug-likeness (QED) is 0.785. The molecule has 0 atom stereocenters. The van der Waals surface area contributed by atoms with Crippen molar-refractivity contribution >= 4 is 9.84 Å². The van der Waals surface area contributed by atoms with Crippen molar-refractivity contribution in [2.75, 3.05) is 0 Å². The van der Waals surface area contributed by atoms with Crippen LogP contribution in [-0.2, 0) is 16.4 Å². The Labute approximate surface area is 84.7 Å². The Morgan fingerprint density at radius 1 is 1.47 bits per heavy atom. The zero-order valence-corrected chi connectivity index (χ0v) is 8.91. The highest BCUT2D eigenvalue weighted by Crippen LogP contribution is 2.28. The van der Waals surface area contributed by atoms with Gasteiger partial charge in [-0.25, -0.2) is 18.0 Å². The fourth-order valence-corrected chi connectivity index (χ4v) is 2.23. The SMILES string of the molecule is CC[n+]1c(S(=O)(=O)C(F)(F)F)c[nH]c1C. The highest BCUT2D eigenvalue weighted by Gasteiger charge is 2.51. The molecule has 1 heterocycles. The fourth-order valence-electron chi connectivity index (χ4n) is 1.22. The molecular weight excluding hydrogens is 233 g/mol. The first kappa shape index (κ1) is 12.0. The molecule has 0 aromatic carbocycles. The molecular formula is C7H10F3N2O2S+. The molecule has 0 spiro atoms. The molecule has 1 N–H and O–H groups in total. The van der Waals surface area contributed by atoms with Gasteiger partial charge in [-0.05, 0) is 6.92 Å². The second kappa shape index (κ2) is 3.51. The molecule has 0 aliphatic rings. The van der Waals surface area contributed by atoms with Crippen LogP contribution >= 0.6 is 0 Å². The number of rotatable bonds is 2. The van der Waals surface area contributed by atoms with Crippen molar-refractivity contribution in [3.05, 3.63) is 12.0 Å². The van der Waals surface area contributed by atoms with Gasteiger partial charge in [-0.15, -0.1) is 0 Å². The summed E-state index contributed by atoms with van der Waals surface area (Å²) >= 11 is 0. The number of nitrogens with zero attached hydrogens (tertiary/aromatic N) is 1. The number of sulfone groups is 1. The van der Waals surface area contributed by atoms with E-state index in [2.05, 4.69) is 4.98 Å². The van der Waals surface area contributed by atoms with Gasteiger partial charge in [0.15, 0.2) is 0 Å². The van der Waals surface area contributed by atoms with Gasteiger partial charge in [0.2, 0.25) is 0 Å². The average Bonchev–Trinajstić information content (AvgIpc) is 2.44. The Bertz CT molecular complexity index is 461. The van der Waals surface area contributed by atoms with Gasteiger partial charge in [0.1, 0.15) is 6.20 Å². The molecule has 0 amide bonds. The van der Waals surface area contributed by atoms with Crippen LogP contribution in [0.25, 0.3) is 0 Å². The normalized spacial score (nSPS) is 13.1. The van der Waals surface area contributed by atoms with E-state index < -0.39 is 20.4 Å². The van der Waals surface area contributed by atoms with Gasteiger partial charge in [-0.2, -0.15) is 13.2 Å². The van der Waals surface area contributed by atoms with E-state index in [1.54, 1.807) is 6.92 Å². The molecule has 0 bridgehead atoms. The van der Waals surface area contributed by atoms with Crippen molar-refractivity contribution in [1.29, 1.82) is 0 Å². The topological polar surface area (TPSA) is 53.8 Å². The van der Waals surface area contributed by atoms with Crippen LogP contribution in [-0.4, -0.2) is 18.9 Å². The van der Waals surface area contributed by atoms with Gasteiger partial charge in [0.25, 0.3) is 10.9 Å². The molecule has 0 saturated carbocycles. The Kier molecular flexibility index (Phi) is 2.81. The summed E-state index contributed by atoms with van der Waals surface area (Å²) < 4.78 is 59.9. The summed E-state index contributed by atoms with van der Waals surface area (Å²) in [6.45, 7) is 3.22. The minimum atomic E-state index is -5.27. The van der Waals surface area contributed by atoms with Crippen molar-refractivity contribution in [3.63, 3.8) is 0 Å². The molecule has 0 aliphatic carbocycles. The molecule has 1 aromatic rings. The van der Waals surface area contributed by atoms with Crippen LogP contribution in [0.3, 0.4) is 0 Å². The summed E-state index contributed by atoms with van der Waals surface area (Å²) in [5, 5.41) is -0.755. The second-order valence-electron chi connectivity index (χ2n) is 2.91. The molecule has 1 rings (SSSR count).